The molecule has 0 atom stereocenters. The lowest BCUT2D eigenvalue weighted by molar-refractivity contribution is 0.606. The first kappa shape index (κ1) is 16.5. The van der Waals surface area contributed by atoms with Crippen LogP contribution in [-0.2, 0) is 0 Å². The molecule has 2 heterocycles. The zero-order valence-electron chi connectivity index (χ0n) is 15.2. The molecule has 2 aromatic heterocycles. The number of nitrogens with zero attached hydrogens (tertiary/aromatic N) is 3. The summed E-state index contributed by atoms with van der Waals surface area (Å²) >= 11 is 0. The average molecular weight is 322 g/mol. The third kappa shape index (κ3) is 3.28. The Hall–Kier alpha value is -2.36. The monoisotopic (exact) mass is 322 g/mol. The Balaban J connectivity index is 2.04. The van der Waals surface area contributed by atoms with E-state index in [-0.39, 0.29) is 0 Å². The highest BCUT2D eigenvalue weighted by Crippen LogP contribution is 2.27. The number of aromatic nitrogens is 3. The van der Waals surface area contributed by atoms with Gasteiger partial charge >= 0.3 is 0 Å². The Morgan fingerprint density at radius 1 is 1.08 bits per heavy atom. The molecule has 1 N–H and O–H groups in total. The maximum absolute atomic E-state index is 4.84. The summed E-state index contributed by atoms with van der Waals surface area (Å²) in [5.74, 6) is 1.69. The standard InChI is InChI=1S/C20H26N4/c1-13(2)10-11-21-18-12-15(4)22-20-16(5)19(23-24(18)20)17-8-6-14(3)7-9-17/h6-9,12-13,21H,10-11H2,1-5H3. The molecule has 24 heavy (non-hydrogen) atoms. The van der Waals surface area contributed by atoms with E-state index in [2.05, 4.69) is 63.3 Å². The van der Waals surface area contributed by atoms with Gasteiger partial charge in [-0.3, -0.25) is 0 Å². The van der Waals surface area contributed by atoms with Gasteiger partial charge in [-0.05, 0) is 33.1 Å². The lowest BCUT2D eigenvalue weighted by Gasteiger charge is -2.10. The molecule has 4 heteroatoms. The van der Waals surface area contributed by atoms with Crippen LogP contribution in [0, 0.1) is 26.7 Å². The Morgan fingerprint density at radius 3 is 2.46 bits per heavy atom. The summed E-state index contributed by atoms with van der Waals surface area (Å²) in [6.07, 6.45) is 1.13. The number of hydrogen-bond donors (Lipinski definition) is 1. The third-order valence-corrected chi connectivity index (χ3v) is 4.30. The molecule has 0 fully saturated rings. The average Bonchev–Trinajstić information content (AvgIpc) is 2.85. The van der Waals surface area contributed by atoms with Crippen molar-refractivity contribution in [2.75, 3.05) is 11.9 Å². The van der Waals surface area contributed by atoms with E-state index in [1.165, 1.54) is 5.56 Å². The summed E-state index contributed by atoms with van der Waals surface area (Å²) in [7, 11) is 0. The second-order valence-corrected chi connectivity index (χ2v) is 6.97. The molecule has 0 bridgehead atoms. The van der Waals surface area contributed by atoms with Crippen molar-refractivity contribution in [3.05, 3.63) is 47.2 Å². The van der Waals surface area contributed by atoms with Gasteiger partial charge in [0.1, 0.15) is 5.82 Å². The van der Waals surface area contributed by atoms with Crippen LogP contribution in [0.15, 0.2) is 30.3 Å². The molecule has 0 spiro atoms. The Bertz CT molecular complexity index is 844. The van der Waals surface area contributed by atoms with Crippen LogP contribution in [0.4, 0.5) is 5.82 Å². The fraction of sp³-hybridized carbons (Fsp3) is 0.400. The summed E-state index contributed by atoms with van der Waals surface area (Å²) in [5, 5.41) is 8.36. The molecule has 4 nitrogen and oxygen atoms in total. The van der Waals surface area contributed by atoms with E-state index in [1.54, 1.807) is 0 Å². The van der Waals surface area contributed by atoms with E-state index >= 15 is 0 Å². The van der Waals surface area contributed by atoms with Gasteiger partial charge in [0.25, 0.3) is 0 Å². The first-order valence-corrected chi connectivity index (χ1v) is 8.63. The molecular weight excluding hydrogens is 296 g/mol. The minimum atomic E-state index is 0.679. The van der Waals surface area contributed by atoms with Gasteiger partial charge in [0.05, 0.1) is 5.69 Å². The van der Waals surface area contributed by atoms with Crippen LogP contribution < -0.4 is 5.32 Å². The fourth-order valence-electron chi connectivity index (χ4n) is 2.85. The number of hydrogen-bond acceptors (Lipinski definition) is 3. The van der Waals surface area contributed by atoms with Gasteiger partial charge < -0.3 is 5.32 Å². The highest BCUT2D eigenvalue weighted by Gasteiger charge is 2.15. The van der Waals surface area contributed by atoms with Gasteiger partial charge in [-0.2, -0.15) is 9.61 Å². The van der Waals surface area contributed by atoms with Crippen molar-refractivity contribution in [3.8, 4) is 11.3 Å². The lowest BCUT2D eigenvalue weighted by atomic mass is 10.1. The molecule has 0 aliphatic heterocycles. The molecule has 1 aromatic carbocycles. The van der Waals surface area contributed by atoms with Crippen molar-refractivity contribution in [2.24, 2.45) is 5.92 Å². The van der Waals surface area contributed by atoms with E-state index in [1.807, 2.05) is 11.4 Å². The van der Waals surface area contributed by atoms with Crippen LogP contribution >= 0.6 is 0 Å². The highest BCUT2D eigenvalue weighted by atomic mass is 15.3. The summed E-state index contributed by atoms with van der Waals surface area (Å²) in [6, 6.07) is 10.6. The van der Waals surface area contributed by atoms with E-state index in [9.17, 15) is 0 Å². The van der Waals surface area contributed by atoms with Crippen LogP contribution in [0.25, 0.3) is 16.9 Å². The number of nitrogens with one attached hydrogen (secondary N) is 1. The van der Waals surface area contributed by atoms with Gasteiger partial charge in [-0.15, -0.1) is 0 Å². The maximum Gasteiger partial charge on any atom is 0.161 e. The topological polar surface area (TPSA) is 42.2 Å². The van der Waals surface area contributed by atoms with Crippen molar-refractivity contribution in [1.82, 2.24) is 14.6 Å². The predicted molar refractivity (Wildman–Crippen MR) is 101 cm³/mol. The van der Waals surface area contributed by atoms with Crippen LogP contribution in [0.3, 0.4) is 0 Å². The lowest BCUT2D eigenvalue weighted by Crippen LogP contribution is -2.10. The van der Waals surface area contributed by atoms with Gasteiger partial charge in [-0.1, -0.05) is 43.7 Å². The maximum atomic E-state index is 4.84. The molecule has 126 valence electrons. The van der Waals surface area contributed by atoms with E-state index in [0.717, 1.165) is 46.9 Å². The highest BCUT2D eigenvalue weighted by molar-refractivity contribution is 5.71. The molecule has 0 saturated carbocycles. The Morgan fingerprint density at radius 2 is 1.79 bits per heavy atom. The van der Waals surface area contributed by atoms with Crippen LogP contribution in [0.2, 0.25) is 0 Å². The van der Waals surface area contributed by atoms with E-state index in [0.29, 0.717) is 5.92 Å². The van der Waals surface area contributed by atoms with Gasteiger partial charge in [0.15, 0.2) is 5.65 Å². The number of anilines is 1. The smallest absolute Gasteiger partial charge is 0.161 e. The minimum Gasteiger partial charge on any atom is -0.370 e. The molecule has 0 saturated heterocycles. The first-order chi connectivity index (χ1) is 11.5. The Labute approximate surface area is 143 Å². The molecule has 0 aliphatic carbocycles. The second kappa shape index (κ2) is 6.63. The number of rotatable bonds is 5. The number of aryl methyl sites for hydroxylation is 3. The molecule has 0 unspecified atom stereocenters. The van der Waals surface area contributed by atoms with Crippen molar-refractivity contribution >= 4 is 11.5 Å². The van der Waals surface area contributed by atoms with E-state index in [4.69, 9.17) is 10.1 Å². The molecule has 3 aromatic rings. The van der Waals surface area contributed by atoms with Gasteiger partial charge in [0, 0.05) is 29.4 Å². The zero-order chi connectivity index (χ0) is 17.3. The SMILES string of the molecule is Cc1ccc(-c2nn3c(NCCC(C)C)cc(C)nc3c2C)cc1. The van der Waals surface area contributed by atoms with Gasteiger partial charge in [-0.25, -0.2) is 4.98 Å². The van der Waals surface area contributed by atoms with E-state index < -0.39 is 0 Å². The molecule has 3 rings (SSSR count). The fourth-order valence-corrected chi connectivity index (χ4v) is 2.85. The normalized spacial score (nSPS) is 11.4. The summed E-state index contributed by atoms with van der Waals surface area (Å²) in [5.41, 5.74) is 6.44. The summed E-state index contributed by atoms with van der Waals surface area (Å²) in [6.45, 7) is 11.6. The summed E-state index contributed by atoms with van der Waals surface area (Å²) in [4.78, 5) is 4.70. The Kier molecular flexibility index (Phi) is 4.56. The zero-order valence-corrected chi connectivity index (χ0v) is 15.2. The largest absolute Gasteiger partial charge is 0.370 e. The third-order valence-electron chi connectivity index (χ3n) is 4.30. The minimum absolute atomic E-state index is 0.679. The van der Waals surface area contributed by atoms with Crippen LogP contribution in [-0.4, -0.2) is 21.1 Å². The second-order valence-electron chi connectivity index (χ2n) is 6.97. The van der Waals surface area contributed by atoms with Crippen molar-refractivity contribution in [2.45, 2.75) is 41.0 Å². The van der Waals surface area contributed by atoms with Crippen molar-refractivity contribution in [1.29, 1.82) is 0 Å². The van der Waals surface area contributed by atoms with Gasteiger partial charge in [0.2, 0.25) is 0 Å². The summed E-state index contributed by atoms with van der Waals surface area (Å²) < 4.78 is 1.94. The number of benzene rings is 1. The quantitative estimate of drug-likeness (QED) is 0.735. The van der Waals surface area contributed by atoms with Crippen LogP contribution in [0.1, 0.15) is 37.1 Å². The molecule has 0 radical (unpaired) electrons. The molecule has 0 amide bonds. The number of fused-ring (bicyclic) bond motifs is 1. The molecular formula is C20H26N4. The van der Waals surface area contributed by atoms with Crippen LogP contribution in [0.5, 0.6) is 0 Å². The van der Waals surface area contributed by atoms with Crippen molar-refractivity contribution < 1.29 is 0 Å². The predicted octanol–water partition coefficient (Wildman–Crippen LogP) is 4.78. The first-order valence-electron chi connectivity index (χ1n) is 8.63. The molecule has 0 aliphatic rings. The van der Waals surface area contributed by atoms with Crippen molar-refractivity contribution in [3.63, 3.8) is 0 Å².